The molecule has 0 bridgehead atoms. The van der Waals surface area contributed by atoms with Crippen molar-refractivity contribution in [3.8, 4) is 5.25 Å². The van der Waals surface area contributed by atoms with Crippen LogP contribution in [-0.2, 0) is 0 Å². The zero-order chi connectivity index (χ0) is 15.7. The van der Waals surface area contributed by atoms with Crippen molar-refractivity contribution in [1.82, 2.24) is 0 Å². The van der Waals surface area contributed by atoms with Crippen LogP contribution >= 0.6 is 57.1 Å². The Morgan fingerprint density at radius 2 is 1.76 bits per heavy atom. The molecule has 0 saturated heterocycles. The molecule has 1 aliphatic carbocycles. The van der Waals surface area contributed by atoms with Crippen molar-refractivity contribution < 1.29 is 0 Å². The molecule has 0 aromatic carbocycles. The Kier molecular flexibility index (Phi) is 5.81. The van der Waals surface area contributed by atoms with E-state index in [-0.39, 0.29) is 8.16 Å². The third-order valence-corrected chi connectivity index (χ3v) is 12.7. The van der Waals surface area contributed by atoms with Crippen LogP contribution in [0.3, 0.4) is 0 Å². The van der Waals surface area contributed by atoms with Gasteiger partial charge in [-0.3, -0.25) is 0 Å². The molecule has 0 N–H and O–H groups in total. The monoisotopic (exact) mass is 375 g/mol. The molecule has 1 atom stereocenters. The Morgan fingerprint density at radius 3 is 2.24 bits per heavy atom. The second kappa shape index (κ2) is 6.73. The summed E-state index contributed by atoms with van der Waals surface area (Å²) in [5, 5.41) is 5.10. The highest BCUT2D eigenvalue weighted by molar-refractivity contribution is 8.39. The SMILES string of the molecule is [C]#CS1(C)C=CC2=C(C1)C(SC)(SC)CC(SC)(SC)C2. The largest absolute Gasteiger partial charge is 0.155 e. The van der Waals surface area contributed by atoms with Crippen molar-refractivity contribution in [3.63, 3.8) is 0 Å². The second-order valence-electron chi connectivity index (χ2n) is 5.54. The van der Waals surface area contributed by atoms with Gasteiger partial charge in [0.25, 0.3) is 0 Å². The van der Waals surface area contributed by atoms with Gasteiger partial charge in [0.15, 0.2) is 0 Å². The van der Waals surface area contributed by atoms with Gasteiger partial charge in [-0.1, -0.05) is 6.08 Å². The van der Waals surface area contributed by atoms with Crippen LogP contribution in [0, 0.1) is 11.7 Å². The van der Waals surface area contributed by atoms with E-state index in [0.717, 1.165) is 12.2 Å². The van der Waals surface area contributed by atoms with Crippen molar-refractivity contribution in [2.75, 3.05) is 37.0 Å². The van der Waals surface area contributed by atoms with Crippen molar-refractivity contribution >= 4 is 57.1 Å². The molecule has 21 heavy (non-hydrogen) atoms. The molecule has 5 heteroatoms. The van der Waals surface area contributed by atoms with E-state index < -0.39 is 10.0 Å². The van der Waals surface area contributed by atoms with E-state index in [4.69, 9.17) is 6.42 Å². The van der Waals surface area contributed by atoms with E-state index in [9.17, 15) is 0 Å². The van der Waals surface area contributed by atoms with Crippen LogP contribution in [0.15, 0.2) is 22.6 Å². The van der Waals surface area contributed by atoms with Gasteiger partial charge in [0.1, 0.15) is 0 Å². The van der Waals surface area contributed by atoms with E-state index in [1.54, 1.807) is 5.57 Å². The third kappa shape index (κ3) is 3.21. The van der Waals surface area contributed by atoms with Crippen LogP contribution in [0.2, 0.25) is 0 Å². The van der Waals surface area contributed by atoms with E-state index >= 15 is 0 Å². The van der Waals surface area contributed by atoms with E-state index in [0.29, 0.717) is 0 Å². The molecule has 0 nitrogen and oxygen atoms in total. The molecule has 2 rings (SSSR count). The highest BCUT2D eigenvalue weighted by atomic mass is 32.3. The van der Waals surface area contributed by atoms with Crippen LogP contribution < -0.4 is 0 Å². The van der Waals surface area contributed by atoms with Crippen molar-refractivity contribution in [1.29, 1.82) is 0 Å². The summed E-state index contributed by atoms with van der Waals surface area (Å²) in [4.78, 5) is 0. The molecular weight excluding hydrogens is 353 g/mol. The quantitative estimate of drug-likeness (QED) is 0.474. The first-order valence-corrected chi connectivity index (χ1v) is 13.9. The fraction of sp³-hybridized carbons (Fsp3) is 0.625. The highest BCUT2D eigenvalue weighted by Crippen LogP contribution is 2.63. The maximum absolute atomic E-state index is 7.69. The Morgan fingerprint density at radius 1 is 1.14 bits per heavy atom. The zero-order valence-electron chi connectivity index (χ0n) is 13.3. The van der Waals surface area contributed by atoms with E-state index in [1.807, 2.05) is 47.0 Å². The van der Waals surface area contributed by atoms with Crippen LogP contribution in [-0.4, -0.2) is 45.2 Å². The maximum atomic E-state index is 7.69. The molecule has 0 aromatic rings. The fourth-order valence-corrected chi connectivity index (χ4v) is 9.64. The molecule has 1 unspecified atom stereocenters. The minimum Gasteiger partial charge on any atom is -0.155 e. The molecule has 0 amide bonds. The van der Waals surface area contributed by atoms with Gasteiger partial charge in [-0.2, -0.15) is 10.0 Å². The molecule has 117 valence electrons. The first-order chi connectivity index (χ1) is 9.92. The molecule has 0 aromatic heterocycles. The number of rotatable bonds is 4. The summed E-state index contributed by atoms with van der Waals surface area (Å²) in [5.41, 5.74) is 3.11. The number of thioether (sulfide) groups is 4. The summed E-state index contributed by atoms with van der Waals surface area (Å²) in [6.45, 7) is 0. The molecule has 0 saturated carbocycles. The maximum Gasteiger partial charge on any atom is 0.0849 e. The average Bonchev–Trinajstić information content (AvgIpc) is 2.54. The van der Waals surface area contributed by atoms with Crippen LogP contribution in [0.25, 0.3) is 0 Å². The third-order valence-electron chi connectivity index (χ3n) is 4.46. The summed E-state index contributed by atoms with van der Waals surface area (Å²) < 4.78 is 0.447. The fourth-order valence-electron chi connectivity index (χ4n) is 3.02. The predicted molar refractivity (Wildman–Crippen MR) is 110 cm³/mol. The lowest BCUT2D eigenvalue weighted by Gasteiger charge is -2.50. The Balaban J connectivity index is 2.52. The Hall–Kier alpha value is 0.790. The summed E-state index contributed by atoms with van der Waals surface area (Å²) >= 11 is 8.00. The summed E-state index contributed by atoms with van der Waals surface area (Å²) in [7, 11) is -1.15. The topological polar surface area (TPSA) is 0 Å². The number of hydrogen-bond donors (Lipinski definition) is 0. The highest BCUT2D eigenvalue weighted by Gasteiger charge is 2.49. The summed E-state index contributed by atoms with van der Waals surface area (Å²) in [6.07, 6.45) is 23.6. The minimum atomic E-state index is -1.15. The normalized spacial score (nSPS) is 33.0. The molecule has 2 aliphatic rings. The minimum absolute atomic E-state index is 0.162. The van der Waals surface area contributed by atoms with Crippen LogP contribution in [0.1, 0.15) is 12.8 Å². The molecule has 1 radical (unpaired) electrons. The van der Waals surface area contributed by atoms with Gasteiger partial charge >= 0.3 is 0 Å². The standard InChI is InChI=1S/C16H23S5/c1-7-21(6)9-8-13-10-15(17-2,18-3)12-16(19-4,20-5)14(13)11-21/h8-9H,10-12H2,2-6H3. The van der Waals surface area contributed by atoms with Gasteiger partial charge < -0.3 is 0 Å². The number of allylic oxidation sites excluding steroid dienone is 2. The van der Waals surface area contributed by atoms with E-state index in [1.165, 1.54) is 12.0 Å². The van der Waals surface area contributed by atoms with Crippen LogP contribution in [0.5, 0.6) is 0 Å². The van der Waals surface area contributed by atoms with Gasteiger partial charge in [0, 0.05) is 5.75 Å². The molecule has 0 fully saturated rings. The second-order valence-corrected chi connectivity index (χ2v) is 13.7. The summed E-state index contributed by atoms with van der Waals surface area (Å²) in [5.74, 6) is 1.03. The summed E-state index contributed by atoms with van der Waals surface area (Å²) in [6, 6.07) is 0. The first kappa shape index (κ1) is 18.1. The van der Waals surface area contributed by atoms with Crippen molar-refractivity contribution in [2.24, 2.45) is 0 Å². The van der Waals surface area contributed by atoms with Gasteiger partial charge in [-0.25, -0.2) is 0 Å². The van der Waals surface area contributed by atoms with E-state index in [2.05, 4.69) is 48.0 Å². The number of hydrogen-bond acceptors (Lipinski definition) is 4. The molecule has 1 aliphatic heterocycles. The van der Waals surface area contributed by atoms with Gasteiger partial charge in [-0.15, -0.1) is 47.0 Å². The zero-order valence-corrected chi connectivity index (χ0v) is 17.4. The molecule has 1 heterocycles. The van der Waals surface area contributed by atoms with Crippen molar-refractivity contribution in [3.05, 3.63) is 29.1 Å². The first-order valence-electron chi connectivity index (χ1n) is 6.73. The lowest BCUT2D eigenvalue weighted by molar-refractivity contribution is 0.648. The van der Waals surface area contributed by atoms with Gasteiger partial charge in [-0.05, 0) is 72.4 Å². The lowest BCUT2D eigenvalue weighted by atomic mass is 9.90. The Labute approximate surface area is 148 Å². The lowest BCUT2D eigenvalue weighted by Crippen LogP contribution is -2.41. The van der Waals surface area contributed by atoms with Gasteiger partial charge in [0.2, 0.25) is 0 Å². The van der Waals surface area contributed by atoms with Crippen molar-refractivity contribution in [2.45, 2.75) is 21.0 Å². The average molecular weight is 376 g/mol. The predicted octanol–water partition coefficient (Wildman–Crippen LogP) is 5.43. The Bertz CT molecular complexity index is 505. The molecule has 0 spiro atoms. The van der Waals surface area contributed by atoms with Gasteiger partial charge in [0.05, 0.1) is 8.16 Å². The molecular formula is C16H23S5. The van der Waals surface area contributed by atoms with Crippen LogP contribution in [0.4, 0.5) is 0 Å². The smallest absolute Gasteiger partial charge is 0.0849 e.